The zero-order chi connectivity index (χ0) is 19.0. The molecule has 4 rings (SSSR count). The van der Waals surface area contributed by atoms with Crippen LogP contribution < -0.4 is 10.2 Å². The van der Waals surface area contributed by atoms with Crippen molar-refractivity contribution in [2.75, 3.05) is 16.8 Å². The van der Waals surface area contributed by atoms with Gasteiger partial charge in [0, 0.05) is 18.7 Å². The second kappa shape index (κ2) is 6.71. The maximum atomic E-state index is 12.3. The minimum absolute atomic E-state index is 0.000479. The number of amides is 2. The first-order chi connectivity index (χ1) is 13.0. The van der Waals surface area contributed by atoms with Gasteiger partial charge in [0.1, 0.15) is 11.5 Å². The number of benzene rings is 1. The maximum absolute atomic E-state index is 12.3. The fourth-order valence-electron chi connectivity index (χ4n) is 3.20. The van der Waals surface area contributed by atoms with E-state index < -0.39 is 0 Å². The van der Waals surface area contributed by atoms with E-state index in [4.69, 9.17) is 8.83 Å². The number of carbonyl (C=O) groups is 2. The van der Waals surface area contributed by atoms with Crippen molar-refractivity contribution in [3.05, 3.63) is 59.4 Å². The van der Waals surface area contributed by atoms with Gasteiger partial charge < -0.3 is 13.7 Å². The second-order valence-corrected chi connectivity index (χ2v) is 6.47. The van der Waals surface area contributed by atoms with Gasteiger partial charge in [0.15, 0.2) is 0 Å². The lowest BCUT2D eigenvalue weighted by molar-refractivity contribution is -0.117. The van der Waals surface area contributed by atoms with Crippen LogP contribution in [0.1, 0.15) is 40.1 Å². The lowest BCUT2D eigenvalue weighted by atomic mass is 10.1. The van der Waals surface area contributed by atoms with Crippen LogP contribution in [0.4, 0.5) is 11.7 Å². The number of para-hydroxylation sites is 1. The highest BCUT2D eigenvalue weighted by molar-refractivity contribution is 6.03. The Balaban J connectivity index is 1.46. The standard InChI is InChI=1S/C19H18N4O4/c1-11-8-15(12(2)26-11)17(25)20-19-22-21-18(27-19)13-9-16(24)23(10-13)14-6-4-3-5-7-14/h3-8,13H,9-10H2,1-2H3,(H,20,22,25)/t13-/m1/s1. The average molecular weight is 366 g/mol. The van der Waals surface area contributed by atoms with Gasteiger partial charge in [-0.1, -0.05) is 23.3 Å². The van der Waals surface area contributed by atoms with Crippen molar-refractivity contribution in [2.24, 2.45) is 0 Å². The molecule has 1 N–H and O–H groups in total. The number of carbonyl (C=O) groups excluding carboxylic acids is 2. The number of rotatable bonds is 4. The number of aromatic nitrogens is 2. The third kappa shape index (κ3) is 3.33. The molecular weight excluding hydrogens is 348 g/mol. The van der Waals surface area contributed by atoms with Crippen molar-refractivity contribution in [1.29, 1.82) is 0 Å². The summed E-state index contributed by atoms with van der Waals surface area (Å²) in [6.45, 7) is 3.94. The van der Waals surface area contributed by atoms with Crippen LogP contribution in [0.15, 0.2) is 45.2 Å². The van der Waals surface area contributed by atoms with E-state index in [-0.39, 0.29) is 30.2 Å². The van der Waals surface area contributed by atoms with Gasteiger partial charge in [-0.3, -0.25) is 14.9 Å². The molecule has 2 aromatic heterocycles. The fourth-order valence-corrected chi connectivity index (χ4v) is 3.20. The van der Waals surface area contributed by atoms with Crippen LogP contribution in [0.5, 0.6) is 0 Å². The Morgan fingerprint density at radius 1 is 1.19 bits per heavy atom. The van der Waals surface area contributed by atoms with Crippen molar-refractivity contribution >= 4 is 23.5 Å². The first-order valence-corrected chi connectivity index (χ1v) is 8.58. The smallest absolute Gasteiger partial charge is 0.322 e. The van der Waals surface area contributed by atoms with Crippen molar-refractivity contribution in [1.82, 2.24) is 10.2 Å². The average Bonchev–Trinajstić information content (AvgIpc) is 3.34. The molecular formula is C19H18N4O4. The summed E-state index contributed by atoms with van der Waals surface area (Å²) in [4.78, 5) is 26.3. The zero-order valence-electron chi connectivity index (χ0n) is 14.9. The molecule has 1 aromatic carbocycles. The Hall–Kier alpha value is -3.42. The highest BCUT2D eigenvalue weighted by Crippen LogP contribution is 2.31. The van der Waals surface area contributed by atoms with Crippen molar-refractivity contribution < 1.29 is 18.4 Å². The molecule has 0 bridgehead atoms. The Kier molecular flexibility index (Phi) is 4.23. The molecule has 2 amide bonds. The minimum Gasteiger partial charge on any atom is -0.466 e. The number of nitrogens with zero attached hydrogens (tertiary/aromatic N) is 3. The van der Waals surface area contributed by atoms with E-state index in [0.717, 1.165) is 5.69 Å². The SMILES string of the molecule is Cc1cc(C(=O)Nc2nnc([C@@H]3CC(=O)N(c4ccccc4)C3)o2)c(C)o1. The molecule has 1 aliphatic heterocycles. The summed E-state index contributed by atoms with van der Waals surface area (Å²) in [7, 11) is 0. The van der Waals surface area contributed by atoms with E-state index in [1.807, 2.05) is 30.3 Å². The number of nitrogens with one attached hydrogen (secondary N) is 1. The molecule has 1 fully saturated rings. The number of aryl methyl sites for hydroxylation is 2. The van der Waals surface area contributed by atoms with Crippen LogP contribution in [0.3, 0.4) is 0 Å². The molecule has 0 saturated carbocycles. The normalized spacial score (nSPS) is 16.7. The van der Waals surface area contributed by atoms with Gasteiger partial charge in [0.2, 0.25) is 11.8 Å². The van der Waals surface area contributed by atoms with Crippen LogP contribution in [-0.2, 0) is 4.79 Å². The summed E-state index contributed by atoms with van der Waals surface area (Å²) in [5.74, 6) is 0.900. The Morgan fingerprint density at radius 2 is 1.96 bits per heavy atom. The number of hydrogen-bond donors (Lipinski definition) is 1. The minimum atomic E-state index is -0.382. The van der Waals surface area contributed by atoms with Crippen LogP contribution in [0.25, 0.3) is 0 Å². The molecule has 1 saturated heterocycles. The van der Waals surface area contributed by atoms with E-state index in [9.17, 15) is 9.59 Å². The van der Waals surface area contributed by atoms with Gasteiger partial charge in [-0.2, -0.15) is 0 Å². The highest BCUT2D eigenvalue weighted by atomic mass is 16.4. The molecule has 0 radical (unpaired) electrons. The predicted octanol–water partition coefficient (Wildman–Crippen LogP) is 3.05. The molecule has 1 aliphatic rings. The molecule has 0 unspecified atom stereocenters. The van der Waals surface area contributed by atoms with Gasteiger partial charge in [0.05, 0.1) is 11.5 Å². The van der Waals surface area contributed by atoms with E-state index in [2.05, 4.69) is 15.5 Å². The van der Waals surface area contributed by atoms with Gasteiger partial charge in [-0.05, 0) is 32.0 Å². The van der Waals surface area contributed by atoms with Crippen LogP contribution in [-0.4, -0.2) is 28.6 Å². The van der Waals surface area contributed by atoms with Crippen molar-refractivity contribution in [2.45, 2.75) is 26.2 Å². The first-order valence-electron chi connectivity index (χ1n) is 8.58. The van der Waals surface area contributed by atoms with E-state index >= 15 is 0 Å². The molecule has 1 atom stereocenters. The third-order valence-corrected chi connectivity index (χ3v) is 4.49. The fraction of sp³-hybridized carbons (Fsp3) is 0.263. The molecule has 138 valence electrons. The number of hydrogen-bond acceptors (Lipinski definition) is 6. The molecule has 0 aliphatic carbocycles. The summed E-state index contributed by atoms with van der Waals surface area (Å²) >= 11 is 0. The Bertz CT molecular complexity index is 992. The molecule has 3 heterocycles. The van der Waals surface area contributed by atoms with Crippen molar-refractivity contribution in [3.8, 4) is 0 Å². The maximum Gasteiger partial charge on any atom is 0.322 e. The Labute approximate surface area is 155 Å². The van der Waals surface area contributed by atoms with Crippen molar-refractivity contribution in [3.63, 3.8) is 0 Å². The molecule has 0 spiro atoms. The quantitative estimate of drug-likeness (QED) is 0.761. The van der Waals surface area contributed by atoms with Crippen LogP contribution in [0, 0.1) is 13.8 Å². The summed E-state index contributed by atoms with van der Waals surface area (Å²) < 4.78 is 10.9. The summed E-state index contributed by atoms with van der Waals surface area (Å²) in [5.41, 5.74) is 1.25. The highest BCUT2D eigenvalue weighted by Gasteiger charge is 2.35. The predicted molar refractivity (Wildman–Crippen MR) is 96.6 cm³/mol. The summed E-state index contributed by atoms with van der Waals surface area (Å²) in [5, 5.41) is 10.5. The molecule has 27 heavy (non-hydrogen) atoms. The van der Waals surface area contributed by atoms with E-state index in [1.54, 1.807) is 24.8 Å². The molecule has 8 heteroatoms. The third-order valence-electron chi connectivity index (χ3n) is 4.49. The monoisotopic (exact) mass is 366 g/mol. The largest absolute Gasteiger partial charge is 0.466 e. The van der Waals surface area contributed by atoms with Gasteiger partial charge in [-0.15, -0.1) is 5.10 Å². The first kappa shape index (κ1) is 17.0. The topological polar surface area (TPSA) is 101 Å². The summed E-state index contributed by atoms with van der Waals surface area (Å²) in [6, 6.07) is 11.1. The summed E-state index contributed by atoms with van der Waals surface area (Å²) in [6.07, 6.45) is 0.282. The van der Waals surface area contributed by atoms with E-state index in [1.165, 1.54) is 0 Å². The zero-order valence-corrected chi connectivity index (χ0v) is 14.9. The number of furan rings is 1. The van der Waals surface area contributed by atoms with E-state index in [0.29, 0.717) is 29.5 Å². The number of anilines is 2. The van der Waals surface area contributed by atoms with Crippen LogP contribution >= 0.6 is 0 Å². The second-order valence-electron chi connectivity index (χ2n) is 6.47. The molecule has 8 nitrogen and oxygen atoms in total. The van der Waals surface area contributed by atoms with Gasteiger partial charge >= 0.3 is 6.01 Å². The Morgan fingerprint density at radius 3 is 2.67 bits per heavy atom. The van der Waals surface area contributed by atoms with Crippen LogP contribution in [0.2, 0.25) is 0 Å². The van der Waals surface area contributed by atoms with Gasteiger partial charge in [0.25, 0.3) is 5.91 Å². The lowest BCUT2D eigenvalue weighted by Gasteiger charge is -2.15. The lowest BCUT2D eigenvalue weighted by Crippen LogP contribution is -2.24. The van der Waals surface area contributed by atoms with Gasteiger partial charge in [-0.25, -0.2) is 0 Å². The molecule has 3 aromatic rings.